The molecule has 3 aromatic carbocycles. The van der Waals surface area contributed by atoms with Gasteiger partial charge in [-0.15, -0.1) is 0 Å². The molecular weight excluding hydrogens is 461 g/mol. The third-order valence-corrected chi connectivity index (χ3v) is 5.24. The number of hydrogen-bond acceptors (Lipinski definition) is 4. The van der Waals surface area contributed by atoms with E-state index in [1.807, 2.05) is 24.3 Å². The average molecular weight is 477 g/mol. The maximum Gasteiger partial charge on any atom is 0.430 e. The number of para-hydroxylation sites is 1. The van der Waals surface area contributed by atoms with Crippen LogP contribution in [-0.4, -0.2) is 30.5 Å². The maximum atomic E-state index is 13.3. The van der Waals surface area contributed by atoms with Crippen LogP contribution in [0.15, 0.2) is 66.2 Å². The first-order valence-corrected chi connectivity index (χ1v) is 9.98. The molecule has 5 nitrogen and oxygen atoms in total. The summed E-state index contributed by atoms with van der Waals surface area (Å²) in [6.07, 6.45) is -6.61. The second-order valence-corrected chi connectivity index (χ2v) is 7.50. The first-order valence-electron chi connectivity index (χ1n) is 9.60. The van der Waals surface area contributed by atoms with E-state index < -0.39 is 23.8 Å². The minimum atomic E-state index is -4.91. The topological polar surface area (TPSA) is 65.0 Å². The average Bonchev–Trinajstić information content (AvgIpc) is 2.78. The molecule has 1 heterocycles. The van der Waals surface area contributed by atoms with E-state index in [1.54, 1.807) is 31.4 Å². The van der Waals surface area contributed by atoms with Crippen molar-refractivity contribution in [1.82, 2.24) is 0 Å². The van der Waals surface area contributed by atoms with Crippen molar-refractivity contribution in [2.75, 3.05) is 7.11 Å². The molecule has 1 unspecified atom stereocenters. The van der Waals surface area contributed by atoms with E-state index >= 15 is 0 Å². The summed E-state index contributed by atoms with van der Waals surface area (Å²) in [6, 6.07) is 17.0. The van der Waals surface area contributed by atoms with E-state index in [0.29, 0.717) is 11.5 Å². The molecule has 1 aliphatic heterocycles. The van der Waals surface area contributed by atoms with Crippen molar-refractivity contribution < 1.29 is 37.3 Å². The first kappa shape index (κ1) is 22.5. The number of halogens is 4. The quantitative estimate of drug-likeness (QED) is 0.449. The molecular formula is C24H16ClF3O5. The highest BCUT2D eigenvalue weighted by Crippen LogP contribution is 2.42. The van der Waals surface area contributed by atoms with Gasteiger partial charge < -0.3 is 19.3 Å². The largest absolute Gasteiger partial charge is 0.496 e. The lowest BCUT2D eigenvalue weighted by Crippen LogP contribution is -2.40. The molecule has 0 saturated carbocycles. The summed E-state index contributed by atoms with van der Waals surface area (Å²) >= 11 is 6.24. The van der Waals surface area contributed by atoms with E-state index in [0.717, 1.165) is 17.2 Å². The highest BCUT2D eigenvalue weighted by atomic mass is 35.5. The van der Waals surface area contributed by atoms with Crippen LogP contribution in [-0.2, 0) is 4.79 Å². The molecule has 0 radical (unpaired) electrons. The number of ether oxygens (including phenoxy) is 3. The fraction of sp³-hybridized carbons (Fsp3) is 0.125. The van der Waals surface area contributed by atoms with Gasteiger partial charge in [0, 0.05) is 17.2 Å². The van der Waals surface area contributed by atoms with E-state index in [4.69, 9.17) is 30.9 Å². The van der Waals surface area contributed by atoms with Gasteiger partial charge in [-0.05, 0) is 35.9 Å². The molecule has 1 N–H and O–H groups in total. The number of aliphatic carboxylic acids is 1. The molecule has 0 aliphatic carbocycles. The lowest BCUT2D eigenvalue weighted by Gasteiger charge is -2.27. The van der Waals surface area contributed by atoms with E-state index in [9.17, 15) is 18.0 Å². The number of rotatable bonds is 5. The Bertz CT molecular complexity index is 1240. The second kappa shape index (κ2) is 8.71. The Labute approximate surface area is 191 Å². The number of benzene rings is 3. The smallest absolute Gasteiger partial charge is 0.430 e. The predicted octanol–water partition coefficient (Wildman–Crippen LogP) is 6.60. The van der Waals surface area contributed by atoms with Gasteiger partial charge in [-0.25, -0.2) is 4.79 Å². The number of alkyl halides is 3. The van der Waals surface area contributed by atoms with Gasteiger partial charge in [0.2, 0.25) is 6.10 Å². The van der Waals surface area contributed by atoms with Crippen molar-refractivity contribution in [3.8, 4) is 34.1 Å². The molecule has 0 amide bonds. The second-order valence-electron chi connectivity index (χ2n) is 7.09. The number of methoxy groups -OCH3 is 1. The molecule has 1 atom stereocenters. The lowest BCUT2D eigenvalue weighted by atomic mass is 10.0. The summed E-state index contributed by atoms with van der Waals surface area (Å²) in [5.74, 6) is -0.759. The van der Waals surface area contributed by atoms with Crippen molar-refractivity contribution >= 4 is 23.6 Å². The highest BCUT2D eigenvalue weighted by Gasteiger charge is 2.48. The molecule has 33 heavy (non-hydrogen) atoms. The van der Waals surface area contributed by atoms with Crippen LogP contribution in [0.3, 0.4) is 0 Å². The summed E-state index contributed by atoms with van der Waals surface area (Å²) in [7, 11) is 1.58. The number of carboxylic acid groups (broad SMARTS) is 1. The van der Waals surface area contributed by atoms with E-state index in [-0.39, 0.29) is 22.1 Å². The van der Waals surface area contributed by atoms with Gasteiger partial charge in [0.25, 0.3) is 0 Å². The fourth-order valence-electron chi connectivity index (χ4n) is 3.41. The van der Waals surface area contributed by atoms with Crippen LogP contribution in [0.25, 0.3) is 17.2 Å². The molecule has 3 aromatic rings. The van der Waals surface area contributed by atoms with Crippen molar-refractivity contribution in [2.24, 2.45) is 0 Å². The van der Waals surface area contributed by atoms with Crippen molar-refractivity contribution in [3.05, 3.63) is 76.8 Å². The molecule has 170 valence electrons. The molecule has 0 saturated heterocycles. The highest BCUT2D eigenvalue weighted by molar-refractivity contribution is 6.32. The molecule has 0 aromatic heterocycles. The van der Waals surface area contributed by atoms with E-state index in [1.165, 1.54) is 12.1 Å². The summed E-state index contributed by atoms with van der Waals surface area (Å²) in [5, 5.41) is 9.22. The van der Waals surface area contributed by atoms with Gasteiger partial charge in [0.1, 0.15) is 23.0 Å². The third kappa shape index (κ3) is 4.61. The first-order chi connectivity index (χ1) is 15.7. The number of fused-ring (bicyclic) bond motifs is 1. The maximum absolute atomic E-state index is 13.3. The van der Waals surface area contributed by atoms with Crippen molar-refractivity contribution in [3.63, 3.8) is 0 Å². The Hall–Kier alpha value is -3.65. The molecule has 0 spiro atoms. The minimum Gasteiger partial charge on any atom is -0.496 e. The van der Waals surface area contributed by atoms with Crippen LogP contribution in [0.4, 0.5) is 13.2 Å². The Balaban J connectivity index is 1.62. The van der Waals surface area contributed by atoms with Crippen LogP contribution >= 0.6 is 11.6 Å². The molecule has 9 heteroatoms. The van der Waals surface area contributed by atoms with Crippen LogP contribution in [0, 0.1) is 0 Å². The SMILES string of the molecule is COc1ccccc1-c1ccc(Oc2cc3c(cc2Cl)C=C(C(=O)O)C(C(F)(F)F)O3)cc1. The zero-order valence-corrected chi connectivity index (χ0v) is 17.8. The Morgan fingerprint density at radius 2 is 1.76 bits per heavy atom. The van der Waals surface area contributed by atoms with Crippen LogP contribution in [0.5, 0.6) is 23.0 Å². The van der Waals surface area contributed by atoms with Crippen molar-refractivity contribution in [1.29, 1.82) is 0 Å². The number of carbonyl (C=O) groups is 1. The van der Waals surface area contributed by atoms with Gasteiger partial charge in [0.15, 0.2) is 0 Å². The zero-order chi connectivity index (χ0) is 23.8. The molecule has 0 bridgehead atoms. The van der Waals surface area contributed by atoms with Crippen LogP contribution in [0.2, 0.25) is 5.02 Å². The monoisotopic (exact) mass is 476 g/mol. The Morgan fingerprint density at radius 3 is 2.39 bits per heavy atom. The van der Waals surface area contributed by atoms with Crippen molar-refractivity contribution in [2.45, 2.75) is 12.3 Å². The molecule has 1 aliphatic rings. The lowest BCUT2D eigenvalue weighted by molar-refractivity contribution is -0.187. The predicted molar refractivity (Wildman–Crippen MR) is 116 cm³/mol. The van der Waals surface area contributed by atoms with Gasteiger partial charge in [-0.3, -0.25) is 0 Å². The third-order valence-electron chi connectivity index (χ3n) is 4.95. The molecule has 4 rings (SSSR count). The summed E-state index contributed by atoms with van der Waals surface area (Å²) in [5.41, 5.74) is 0.938. The fourth-order valence-corrected chi connectivity index (χ4v) is 3.62. The minimum absolute atomic E-state index is 0.0635. The summed E-state index contributed by atoms with van der Waals surface area (Å²) < 4.78 is 56.0. The molecule has 0 fully saturated rings. The summed E-state index contributed by atoms with van der Waals surface area (Å²) in [4.78, 5) is 11.3. The zero-order valence-electron chi connectivity index (χ0n) is 17.0. The number of hydrogen-bond donors (Lipinski definition) is 1. The Morgan fingerprint density at radius 1 is 1.06 bits per heavy atom. The van der Waals surface area contributed by atoms with Gasteiger partial charge in [0.05, 0.1) is 17.7 Å². The van der Waals surface area contributed by atoms with E-state index in [2.05, 4.69) is 0 Å². The van der Waals surface area contributed by atoms with Gasteiger partial charge in [-0.2, -0.15) is 13.2 Å². The van der Waals surface area contributed by atoms with Crippen LogP contribution in [0.1, 0.15) is 5.56 Å². The van der Waals surface area contributed by atoms with Crippen LogP contribution < -0.4 is 14.2 Å². The van der Waals surface area contributed by atoms with Gasteiger partial charge >= 0.3 is 12.1 Å². The Kier molecular flexibility index (Phi) is 5.95. The number of carboxylic acids is 1. The van der Waals surface area contributed by atoms with Gasteiger partial charge in [-0.1, -0.05) is 41.9 Å². The summed E-state index contributed by atoms with van der Waals surface area (Å²) in [6.45, 7) is 0. The normalized spacial score (nSPS) is 15.2. The standard InChI is InChI=1S/C24H16ClF3O5/c1-31-19-5-3-2-4-16(19)13-6-8-15(9-7-13)32-21-12-20-14(11-18(21)25)10-17(23(29)30)22(33-20)24(26,27)28/h2-12,22H,1H3,(H,29,30).